The average molecular weight is 434 g/mol. The maximum absolute atomic E-state index is 12.2. The number of aliphatic hydroxyl groups excluding tert-OH is 3. The SMILES string of the molecule is Cc1occc(=O)c1OC1OC(CO)C(OC(=O)C=Cc2ccc(O)cc2)C(O)C1O. The Balaban J connectivity index is 1.69. The third-order valence-corrected chi connectivity index (χ3v) is 4.62. The topological polar surface area (TPSA) is 156 Å². The van der Waals surface area contributed by atoms with Gasteiger partial charge in [0.1, 0.15) is 29.8 Å². The Morgan fingerprint density at radius 3 is 2.52 bits per heavy atom. The molecule has 0 bridgehead atoms. The van der Waals surface area contributed by atoms with Crippen LogP contribution in [-0.2, 0) is 14.3 Å². The third kappa shape index (κ3) is 5.30. The highest BCUT2D eigenvalue weighted by molar-refractivity contribution is 5.87. The molecule has 0 radical (unpaired) electrons. The molecule has 10 nitrogen and oxygen atoms in total. The summed E-state index contributed by atoms with van der Waals surface area (Å²) in [6.07, 6.45) is -3.82. The van der Waals surface area contributed by atoms with Gasteiger partial charge in [-0.3, -0.25) is 4.79 Å². The van der Waals surface area contributed by atoms with Crippen LogP contribution in [0.3, 0.4) is 0 Å². The molecule has 0 aliphatic carbocycles. The Bertz CT molecular complexity index is 978. The average Bonchev–Trinajstić information content (AvgIpc) is 2.75. The second kappa shape index (κ2) is 9.75. The van der Waals surface area contributed by atoms with E-state index in [-0.39, 0.29) is 17.3 Å². The number of phenolic OH excluding ortho intramolecular Hbond substituents is 1. The number of benzene rings is 1. The van der Waals surface area contributed by atoms with E-state index in [1.165, 1.54) is 31.4 Å². The van der Waals surface area contributed by atoms with Crippen LogP contribution in [0.25, 0.3) is 6.08 Å². The van der Waals surface area contributed by atoms with Gasteiger partial charge >= 0.3 is 5.97 Å². The summed E-state index contributed by atoms with van der Waals surface area (Å²) < 4.78 is 21.0. The highest BCUT2D eigenvalue weighted by Crippen LogP contribution is 2.26. The zero-order valence-corrected chi connectivity index (χ0v) is 16.5. The lowest BCUT2D eigenvalue weighted by Crippen LogP contribution is -2.61. The van der Waals surface area contributed by atoms with Gasteiger partial charge in [-0.05, 0) is 30.7 Å². The van der Waals surface area contributed by atoms with Crippen LogP contribution in [0.4, 0.5) is 0 Å². The smallest absolute Gasteiger partial charge is 0.331 e. The zero-order chi connectivity index (χ0) is 22.5. The van der Waals surface area contributed by atoms with Crippen molar-refractivity contribution in [1.29, 1.82) is 0 Å². The molecular weight excluding hydrogens is 412 g/mol. The lowest BCUT2D eigenvalue weighted by molar-refractivity contribution is -0.280. The van der Waals surface area contributed by atoms with E-state index in [1.807, 2.05) is 0 Å². The minimum absolute atomic E-state index is 0.0715. The molecular formula is C21H22O10. The van der Waals surface area contributed by atoms with Gasteiger partial charge in [-0.15, -0.1) is 0 Å². The van der Waals surface area contributed by atoms with Crippen molar-refractivity contribution >= 4 is 12.0 Å². The molecule has 2 heterocycles. The molecule has 1 fully saturated rings. The van der Waals surface area contributed by atoms with E-state index in [0.29, 0.717) is 5.56 Å². The van der Waals surface area contributed by atoms with Crippen molar-refractivity contribution in [2.45, 2.75) is 37.6 Å². The van der Waals surface area contributed by atoms with E-state index in [1.54, 1.807) is 12.1 Å². The van der Waals surface area contributed by atoms with Gasteiger partial charge in [0.15, 0.2) is 6.10 Å². The maximum atomic E-state index is 12.2. The lowest BCUT2D eigenvalue weighted by atomic mass is 9.99. The van der Waals surface area contributed by atoms with E-state index in [9.17, 15) is 30.0 Å². The number of hydrogen-bond acceptors (Lipinski definition) is 10. The van der Waals surface area contributed by atoms with Crippen LogP contribution in [0.2, 0.25) is 0 Å². The van der Waals surface area contributed by atoms with E-state index in [4.69, 9.17) is 18.6 Å². The predicted octanol–water partition coefficient (Wildman–Crippen LogP) is 0.0968. The first-order chi connectivity index (χ1) is 14.8. The van der Waals surface area contributed by atoms with Crippen LogP contribution in [0.15, 0.2) is 51.9 Å². The fourth-order valence-corrected chi connectivity index (χ4v) is 2.98. The van der Waals surface area contributed by atoms with Gasteiger partial charge in [-0.1, -0.05) is 12.1 Å². The summed E-state index contributed by atoms with van der Waals surface area (Å²) in [4.78, 5) is 24.1. The minimum Gasteiger partial charge on any atom is -0.508 e. The highest BCUT2D eigenvalue weighted by Gasteiger charge is 2.47. The van der Waals surface area contributed by atoms with Gasteiger partial charge in [0, 0.05) is 12.1 Å². The van der Waals surface area contributed by atoms with Gasteiger partial charge in [0.2, 0.25) is 17.5 Å². The quantitative estimate of drug-likeness (QED) is 0.363. The first kappa shape index (κ1) is 22.5. The maximum Gasteiger partial charge on any atom is 0.331 e. The Hall–Kier alpha value is -3.18. The Morgan fingerprint density at radius 1 is 1.16 bits per heavy atom. The molecule has 1 aliphatic rings. The van der Waals surface area contributed by atoms with Crippen LogP contribution in [0.1, 0.15) is 11.3 Å². The fourth-order valence-electron chi connectivity index (χ4n) is 2.98. The largest absolute Gasteiger partial charge is 0.508 e. The Morgan fingerprint density at radius 2 is 1.87 bits per heavy atom. The number of hydrogen-bond donors (Lipinski definition) is 4. The van der Waals surface area contributed by atoms with Gasteiger partial charge in [0.05, 0.1) is 12.9 Å². The number of aliphatic hydroxyl groups is 3. The molecule has 3 rings (SSSR count). The molecule has 1 aromatic heterocycles. The minimum atomic E-state index is -1.69. The fraction of sp³-hybridized carbons (Fsp3) is 0.333. The summed E-state index contributed by atoms with van der Waals surface area (Å²) in [6.45, 7) is 0.808. The first-order valence-corrected chi connectivity index (χ1v) is 9.35. The number of rotatable bonds is 6. The molecule has 4 N–H and O–H groups in total. The molecule has 0 saturated carbocycles. The van der Waals surface area contributed by atoms with Crippen molar-refractivity contribution in [3.05, 3.63) is 64.2 Å². The van der Waals surface area contributed by atoms with Crippen molar-refractivity contribution < 1.29 is 43.8 Å². The monoisotopic (exact) mass is 434 g/mol. The second-order valence-corrected chi connectivity index (χ2v) is 6.82. The first-order valence-electron chi connectivity index (χ1n) is 9.35. The molecule has 2 aromatic rings. The number of aryl methyl sites for hydroxylation is 1. The Kier molecular flexibility index (Phi) is 7.08. The van der Waals surface area contributed by atoms with Crippen LogP contribution >= 0.6 is 0 Å². The summed E-state index contributed by atoms with van der Waals surface area (Å²) in [5.41, 5.74) is 0.0852. The molecule has 5 atom stereocenters. The lowest BCUT2D eigenvalue weighted by Gasteiger charge is -2.41. The van der Waals surface area contributed by atoms with E-state index < -0.39 is 48.7 Å². The molecule has 31 heavy (non-hydrogen) atoms. The van der Waals surface area contributed by atoms with Crippen molar-refractivity contribution in [1.82, 2.24) is 0 Å². The molecule has 166 valence electrons. The van der Waals surface area contributed by atoms with Crippen molar-refractivity contribution in [3.8, 4) is 11.5 Å². The zero-order valence-electron chi connectivity index (χ0n) is 16.5. The highest BCUT2D eigenvalue weighted by atomic mass is 16.7. The molecule has 5 unspecified atom stereocenters. The number of phenols is 1. The molecule has 0 spiro atoms. The van der Waals surface area contributed by atoms with Crippen molar-refractivity contribution in [3.63, 3.8) is 0 Å². The summed E-state index contributed by atoms with van der Waals surface area (Å²) in [5.74, 6) is -0.874. The second-order valence-electron chi connectivity index (χ2n) is 6.82. The molecule has 1 saturated heterocycles. The van der Waals surface area contributed by atoms with Crippen LogP contribution < -0.4 is 10.2 Å². The number of esters is 1. The van der Waals surface area contributed by atoms with Crippen LogP contribution in [0.5, 0.6) is 11.5 Å². The van der Waals surface area contributed by atoms with Gasteiger partial charge in [-0.2, -0.15) is 0 Å². The number of ether oxygens (including phenoxy) is 3. The molecule has 10 heteroatoms. The van der Waals surface area contributed by atoms with Crippen molar-refractivity contribution in [2.24, 2.45) is 0 Å². The number of aromatic hydroxyl groups is 1. The van der Waals surface area contributed by atoms with Gasteiger partial charge in [-0.25, -0.2) is 4.79 Å². The van der Waals surface area contributed by atoms with Gasteiger partial charge < -0.3 is 39.1 Å². The third-order valence-electron chi connectivity index (χ3n) is 4.62. The van der Waals surface area contributed by atoms with E-state index in [0.717, 1.165) is 12.1 Å². The molecule has 1 aromatic carbocycles. The van der Waals surface area contributed by atoms with Crippen LogP contribution in [0, 0.1) is 6.92 Å². The summed E-state index contributed by atoms with van der Waals surface area (Å²) in [6, 6.07) is 7.14. The van der Waals surface area contributed by atoms with E-state index in [2.05, 4.69) is 0 Å². The molecule has 0 amide bonds. The summed E-state index contributed by atoms with van der Waals surface area (Å²) >= 11 is 0. The molecule has 1 aliphatic heterocycles. The predicted molar refractivity (Wildman–Crippen MR) is 105 cm³/mol. The van der Waals surface area contributed by atoms with Gasteiger partial charge in [0.25, 0.3) is 0 Å². The summed E-state index contributed by atoms with van der Waals surface area (Å²) in [7, 11) is 0. The number of carbonyl (C=O) groups excluding carboxylic acids is 1. The Labute approximate surface area is 176 Å². The normalized spacial score (nSPS) is 26.0. The number of carbonyl (C=O) groups is 1. The standard InChI is InChI=1S/C21H22O10/c1-11-19(14(24)8-9-28-11)31-21-18(27)17(26)20(15(10-22)29-21)30-16(25)7-4-12-2-5-13(23)6-3-12/h2-9,15,17-18,20-23,26-27H,10H2,1H3. The summed E-state index contributed by atoms with van der Waals surface area (Å²) in [5, 5.41) is 39.7. The van der Waals surface area contributed by atoms with Crippen molar-refractivity contribution in [2.75, 3.05) is 6.61 Å². The van der Waals surface area contributed by atoms with Crippen LogP contribution in [-0.4, -0.2) is 63.7 Å². The van der Waals surface area contributed by atoms with E-state index >= 15 is 0 Å².